The fourth-order valence-electron chi connectivity index (χ4n) is 1.75. The van der Waals surface area contributed by atoms with Crippen LogP contribution in [0.25, 0.3) is 0 Å². The van der Waals surface area contributed by atoms with Crippen molar-refractivity contribution in [1.29, 1.82) is 0 Å². The van der Waals surface area contributed by atoms with Gasteiger partial charge in [0.15, 0.2) is 8.32 Å². The molecule has 0 radical (unpaired) electrons. The lowest BCUT2D eigenvalue weighted by molar-refractivity contribution is 0.0184. The Morgan fingerprint density at radius 3 is 2.33 bits per heavy atom. The maximum Gasteiger partial charge on any atom is 0.186 e. The fourth-order valence-corrected chi connectivity index (χ4v) is 2.95. The van der Waals surface area contributed by atoms with Gasteiger partial charge in [-0.15, -0.1) is 0 Å². The van der Waals surface area contributed by atoms with E-state index in [4.69, 9.17) is 9.16 Å². The van der Waals surface area contributed by atoms with Gasteiger partial charge >= 0.3 is 0 Å². The Hall–Kier alpha value is 0.0569. The van der Waals surface area contributed by atoms with Crippen LogP contribution in [0.2, 0.25) is 19.1 Å². The zero-order chi connectivity index (χ0) is 14.0. The number of nitrogens with zero attached hydrogens (tertiary/aromatic N) is 1. The maximum atomic E-state index is 9.80. The number of likely N-dealkylation sites (N-methyl/N-ethyl adjacent to an activating group) is 1. The van der Waals surface area contributed by atoms with Crippen molar-refractivity contribution in [1.82, 2.24) is 4.90 Å². The second kappa shape index (κ2) is 9.92. The second-order valence-corrected chi connectivity index (χ2v) is 9.71. The number of rotatable bonds is 11. The quantitative estimate of drug-likeness (QED) is 0.463. The SMILES string of the molecule is CCN(CC)CC(O)COCCC[Si](C)(C)OC. The topological polar surface area (TPSA) is 41.9 Å². The highest BCUT2D eigenvalue weighted by atomic mass is 28.4. The lowest BCUT2D eigenvalue weighted by atomic mass is 10.3. The average molecular weight is 277 g/mol. The van der Waals surface area contributed by atoms with Gasteiger partial charge in [0, 0.05) is 20.3 Å². The molecule has 4 nitrogen and oxygen atoms in total. The molecule has 110 valence electrons. The summed E-state index contributed by atoms with van der Waals surface area (Å²) in [4.78, 5) is 2.20. The van der Waals surface area contributed by atoms with Gasteiger partial charge in [-0.05, 0) is 38.6 Å². The van der Waals surface area contributed by atoms with Gasteiger partial charge < -0.3 is 19.2 Å². The van der Waals surface area contributed by atoms with Gasteiger partial charge in [0.25, 0.3) is 0 Å². The first kappa shape index (κ1) is 18.1. The summed E-state index contributed by atoms with van der Waals surface area (Å²) in [5, 5.41) is 9.80. The minimum atomic E-state index is -1.44. The van der Waals surface area contributed by atoms with E-state index in [1.165, 1.54) is 0 Å². The van der Waals surface area contributed by atoms with Crippen LogP contribution in [0.4, 0.5) is 0 Å². The molecule has 0 rings (SSSR count). The molecular formula is C13H31NO3Si. The van der Waals surface area contributed by atoms with E-state index in [1.807, 2.05) is 0 Å². The van der Waals surface area contributed by atoms with E-state index in [2.05, 4.69) is 31.8 Å². The van der Waals surface area contributed by atoms with Crippen molar-refractivity contribution in [2.24, 2.45) is 0 Å². The molecular weight excluding hydrogens is 246 g/mol. The molecule has 1 unspecified atom stereocenters. The average Bonchev–Trinajstić information content (AvgIpc) is 2.35. The zero-order valence-corrected chi connectivity index (χ0v) is 13.7. The lowest BCUT2D eigenvalue weighted by Gasteiger charge is -2.22. The second-order valence-electron chi connectivity index (χ2n) is 5.28. The first-order valence-corrected chi connectivity index (χ1v) is 10.1. The summed E-state index contributed by atoms with van der Waals surface area (Å²) in [6.45, 7) is 12.4. The number of hydrogen-bond acceptors (Lipinski definition) is 4. The van der Waals surface area contributed by atoms with Crippen LogP contribution in [0.3, 0.4) is 0 Å². The van der Waals surface area contributed by atoms with Gasteiger partial charge in [-0.2, -0.15) is 0 Å². The molecule has 5 heteroatoms. The van der Waals surface area contributed by atoms with Crippen LogP contribution in [-0.2, 0) is 9.16 Å². The Kier molecular flexibility index (Phi) is 9.95. The van der Waals surface area contributed by atoms with E-state index in [0.29, 0.717) is 13.2 Å². The van der Waals surface area contributed by atoms with E-state index in [9.17, 15) is 5.11 Å². The van der Waals surface area contributed by atoms with E-state index < -0.39 is 8.32 Å². The number of aliphatic hydroxyl groups excluding tert-OH is 1. The van der Waals surface area contributed by atoms with Crippen LogP contribution in [0.15, 0.2) is 0 Å². The summed E-state index contributed by atoms with van der Waals surface area (Å²) >= 11 is 0. The van der Waals surface area contributed by atoms with Crippen molar-refractivity contribution in [2.75, 3.05) is 40.0 Å². The zero-order valence-electron chi connectivity index (χ0n) is 12.7. The van der Waals surface area contributed by atoms with Crippen molar-refractivity contribution in [3.63, 3.8) is 0 Å². The van der Waals surface area contributed by atoms with Gasteiger partial charge in [-0.25, -0.2) is 0 Å². The summed E-state index contributed by atoms with van der Waals surface area (Å²) in [7, 11) is 0.350. The highest BCUT2D eigenvalue weighted by Gasteiger charge is 2.19. The largest absolute Gasteiger partial charge is 0.420 e. The van der Waals surface area contributed by atoms with Gasteiger partial charge in [-0.3, -0.25) is 0 Å². The molecule has 0 fully saturated rings. The van der Waals surface area contributed by atoms with Crippen LogP contribution in [0, 0.1) is 0 Å². The number of ether oxygens (including phenoxy) is 1. The van der Waals surface area contributed by atoms with Gasteiger partial charge in [0.2, 0.25) is 0 Å². The third-order valence-electron chi connectivity index (χ3n) is 3.29. The van der Waals surface area contributed by atoms with E-state index >= 15 is 0 Å². The highest BCUT2D eigenvalue weighted by molar-refractivity contribution is 6.71. The minimum Gasteiger partial charge on any atom is -0.420 e. The molecule has 1 atom stereocenters. The van der Waals surface area contributed by atoms with E-state index in [-0.39, 0.29) is 6.10 Å². The van der Waals surface area contributed by atoms with E-state index in [0.717, 1.165) is 32.2 Å². The third-order valence-corrected chi connectivity index (χ3v) is 5.96. The Morgan fingerprint density at radius 1 is 1.22 bits per heavy atom. The molecule has 0 saturated carbocycles. The van der Waals surface area contributed by atoms with Crippen molar-refractivity contribution in [3.8, 4) is 0 Å². The Bertz CT molecular complexity index is 199. The van der Waals surface area contributed by atoms with Crippen molar-refractivity contribution in [3.05, 3.63) is 0 Å². The summed E-state index contributed by atoms with van der Waals surface area (Å²) in [6.07, 6.45) is 0.642. The van der Waals surface area contributed by atoms with Crippen molar-refractivity contribution < 1.29 is 14.3 Å². The summed E-state index contributed by atoms with van der Waals surface area (Å²) in [6, 6.07) is 1.11. The molecule has 0 spiro atoms. The molecule has 0 aliphatic carbocycles. The van der Waals surface area contributed by atoms with Crippen LogP contribution >= 0.6 is 0 Å². The molecule has 0 amide bonds. The number of hydrogen-bond donors (Lipinski definition) is 1. The predicted molar refractivity (Wildman–Crippen MR) is 78.5 cm³/mol. The maximum absolute atomic E-state index is 9.80. The summed E-state index contributed by atoms with van der Waals surface area (Å²) < 4.78 is 11.0. The molecule has 0 aliphatic rings. The van der Waals surface area contributed by atoms with E-state index in [1.54, 1.807) is 7.11 Å². The standard InChI is InChI=1S/C13H31NO3Si/c1-6-14(7-2)11-13(15)12-17-9-8-10-18(4,5)16-3/h13,15H,6-12H2,1-5H3. The van der Waals surface area contributed by atoms with Crippen LogP contribution in [0.5, 0.6) is 0 Å². The Morgan fingerprint density at radius 2 is 1.83 bits per heavy atom. The minimum absolute atomic E-state index is 0.377. The van der Waals surface area contributed by atoms with Crippen molar-refractivity contribution in [2.45, 2.75) is 45.5 Å². The molecule has 0 heterocycles. The first-order chi connectivity index (χ1) is 8.45. The van der Waals surface area contributed by atoms with Gasteiger partial charge in [0.1, 0.15) is 0 Å². The van der Waals surface area contributed by atoms with Crippen LogP contribution in [-0.4, -0.2) is 64.4 Å². The molecule has 0 aromatic carbocycles. The smallest absolute Gasteiger partial charge is 0.186 e. The van der Waals surface area contributed by atoms with Gasteiger partial charge in [0.05, 0.1) is 12.7 Å². The molecule has 0 aromatic heterocycles. The van der Waals surface area contributed by atoms with Crippen LogP contribution < -0.4 is 0 Å². The predicted octanol–water partition coefficient (Wildman–Crippen LogP) is 1.95. The molecule has 0 aromatic rings. The molecule has 0 bridgehead atoms. The third kappa shape index (κ3) is 9.05. The molecule has 0 aliphatic heterocycles. The lowest BCUT2D eigenvalue weighted by Crippen LogP contribution is -2.35. The first-order valence-electron chi connectivity index (χ1n) is 6.98. The number of aliphatic hydroxyl groups is 1. The van der Waals surface area contributed by atoms with Crippen molar-refractivity contribution >= 4 is 8.32 Å². The Labute approximate surface area is 113 Å². The summed E-state index contributed by atoms with van der Waals surface area (Å²) in [5.74, 6) is 0. The normalized spacial score (nSPS) is 14.2. The molecule has 0 saturated heterocycles. The monoisotopic (exact) mass is 277 g/mol. The molecule has 18 heavy (non-hydrogen) atoms. The molecule has 1 N–H and O–H groups in total. The highest BCUT2D eigenvalue weighted by Crippen LogP contribution is 2.12. The fraction of sp³-hybridized carbons (Fsp3) is 1.00. The van der Waals surface area contributed by atoms with Gasteiger partial charge in [-0.1, -0.05) is 13.8 Å². The van der Waals surface area contributed by atoms with Crippen LogP contribution in [0.1, 0.15) is 20.3 Å². The summed E-state index contributed by atoms with van der Waals surface area (Å²) in [5.41, 5.74) is 0. The Balaban J connectivity index is 3.54.